The van der Waals surface area contributed by atoms with Crippen LogP contribution < -0.4 is 5.32 Å². The van der Waals surface area contributed by atoms with Crippen molar-refractivity contribution in [3.63, 3.8) is 0 Å². The first-order valence-corrected chi connectivity index (χ1v) is 9.52. The Morgan fingerprint density at radius 3 is 2.38 bits per heavy atom. The highest BCUT2D eigenvalue weighted by molar-refractivity contribution is 7.90. The van der Waals surface area contributed by atoms with Gasteiger partial charge in [0, 0.05) is 12.8 Å². The number of nitrogens with one attached hydrogen (secondary N) is 1. The van der Waals surface area contributed by atoms with Gasteiger partial charge < -0.3 is 10.2 Å². The van der Waals surface area contributed by atoms with E-state index in [1.54, 1.807) is 11.8 Å². The zero-order chi connectivity index (χ0) is 16.3. The molecule has 1 fully saturated rings. The smallest absolute Gasteiger partial charge is 0.246 e. The van der Waals surface area contributed by atoms with Crippen LogP contribution in [-0.2, 0) is 19.4 Å². The molecule has 1 N–H and O–H groups in total. The molecule has 0 radical (unpaired) electrons. The molecule has 1 saturated heterocycles. The summed E-state index contributed by atoms with van der Waals surface area (Å²) in [5.74, 6) is -0.229. The zero-order valence-electron chi connectivity index (χ0n) is 13.3. The Kier molecular flexibility index (Phi) is 5.78. The highest BCUT2D eigenvalue weighted by Crippen LogP contribution is 2.26. The van der Waals surface area contributed by atoms with Gasteiger partial charge in [0.05, 0.1) is 5.75 Å². The van der Waals surface area contributed by atoms with Crippen molar-refractivity contribution in [2.75, 3.05) is 18.6 Å². The Morgan fingerprint density at radius 2 is 1.90 bits per heavy atom. The average Bonchev–Trinajstić information content (AvgIpc) is 2.39. The summed E-state index contributed by atoms with van der Waals surface area (Å²) in [4.78, 5) is 26.4. The van der Waals surface area contributed by atoms with E-state index < -0.39 is 21.4 Å². The van der Waals surface area contributed by atoms with Crippen molar-refractivity contribution < 1.29 is 18.0 Å². The monoisotopic (exact) mass is 318 g/mol. The summed E-state index contributed by atoms with van der Waals surface area (Å²) in [6.45, 7) is 5.85. The van der Waals surface area contributed by atoms with Gasteiger partial charge in [0.2, 0.25) is 11.8 Å². The first-order chi connectivity index (χ1) is 9.65. The Balaban J connectivity index is 2.90. The van der Waals surface area contributed by atoms with Crippen LogP contribution in [0.3, 0.4) is 0 Å². The van der Waals surface area contributed by atoms with Gasteiger partial charge in [-0.25, -0.2) is 8.42 Å². The van der Waals surface area contributed by atoms with Crippen LogP contribution in [0.15, 0.2) is 0 Å². The second-order valence-corrected chi connectivity index (χ2v) is 8.18. The van der Waals surface area contributed by atoms with Crippen LogP contribution >= 0.6 is 0 Å². The molecule has 1 rings (SSSR count). The standard InChI is InChI=1S/C14H26N2O4S/c1-5-8-11-12(17)16(9-7-10-21(4,19)20)14(3,6-2)13(18)15-11/h11H,5-10H2,1-4H3,(H,15,18). The minimum absolute atomic E-state index is 0.0244. The first-order valence-electron chi connectivity index (χ1n) is 7.46. The largest absolute Gasteiger partial charge is 0.342 e. The molecule has 122 valence electrons. The van der Waals surface area contributed by atoms with E-state index in [1.807, 2.05) is 13.8 Å². The lowest BCUT2D eigenvalue weighted by Gasteiger charge is -2.46. The summed E-state index contributed by atoms with van der Waals surface area (Å²) in [5, 5.41) is 2.80. The second kappa shape index (κ2) is 6.77. The molecule has 1 heterocycles. The number of carbonyl (C=O) groups excluding carboxylic acids is 2. The molecule has 0 aliphatic carbocycles. The van der Waals surface area contributed by atoms with Gasteiger partial charge in [0.25, 0.3) is 0 Å². The van der Waals surface area contributed by atoms with Gasteiger partial charge >= 0.3 is 0 Å². The first kappa shape index (κ1) is 17.9. The molecular weight excluding hydrogens is 292 g/mol. The van der Waals surface area contributed by atoms with Gasteiger partial charge in [0.15, 0.2) is 0 Å². The summed E-state index contributed by atoms with van der Waals surface area (Å²) in [6, 6.07) is -0.486. The van der Waals surface area contributed by atoms with E-state index in [0.717, 1.165) is 6.42 Å². The Hall–Kier alpha value is -1.11. The van der Waals surface area contributed by atoms with Crippen molar-refractivity contribution in [3.8, 4) is 0 Å². The van der Waals surface area contributed by atoms with Gasteiger partial charge in [-0.2, -0.15) is 0 Å². The number of sulfone groups is 1. The molecule has 0 bridgehead atoms. The third-order valence-corrected chi connectivity index (χ3v) is 5.15. The van der Waals surface area contributed by atoms with Gasteiger partial charge in [0.1, 0.15) is 21.4 Å². The topological polar surface area (TPSA) is 83.6 Å². The van der Waals surface area contributed by atoms with Gasteiger partial charge in [-0.15, -0.1) is 0 Å². The normalized spacial score (nSPS) is 26.9. The maximum Gasteiger partial charge on any atom is 0.246 e. The molecule has 1 aliphatic heterocycles. The summed E-state index contributed by atoms with van der Waals surface area (Å²) >= 11 is 0. The summed E-state index contributed by atoms with van der Waals surface area (Å²) in [7, 11) is -3.06. The minimum Gasteiger partial charge on any atom is -0.342 e. The van der Waals surface area contributed by atoms with Crippen LogP contribution in [0.5, 0.6) is 0 Å². The van der Waals surface area contributed by atoms with E-state index in [-0.39, 0.29) is 17.6 Å². The fourth-order valence-electron chi connectivity index (χ4n) is 2.61. The van der Waals surface area contributed by atoms with E-state index in [1.165, 1.54) is 6.26 Å². The van der Waals surface area contributed by atoms with Crippen LogP contribution in [0, 0.1) is 0 Å². The van der Waals surface area contributed by atoms with Crippen LogP contribution in [0.1, 0.15) is 46.5 Å². The van der Waals surface area contributed by atoms with Crippen molar-refractivity contribution in [1.29, 1.82) is 0 Å². The van der Waals surface area contributed by atoms with Crippen molar-refractivity contribution >= 4 is 21.7 Å². The third-order valence-electron chi connectivity index (χ3n) is 4.12. The molecule has 21 heavy (non-hydrogen) atoms. The maximum atomic E-state index is 12.6. The molecule has 0 aromatic heterocycles. The predicted octanol–water partition coefficient (Wildman–Crippen LogP) is 0.717. The zero-order valence-corrected chi connectivity index (χ0v) is 14.1. The molecule has 0 aromatic carbocycles. The molecule has 0 spiro atoms. The van der Waals surface area contributed by atoms with Gasteiger partial charge in [-0.05, 0) is 26.2 Å². The Bertz CT molecular complexity index is 503. The molecule has 6 nitrogen and oxygen atoms in total. The third kappa shape index (κ3) is 4.18. The molecule has 0 aromatic rings. The average molecular weight is 318 g/mol. The van der Waals surface area contributed by atoms with Crippen molar-refractivity contribution in [1.82, 2.24) is 10.2 Å². The number of rotatable bonds is 7. The highest BCUT2D eigenvalue weighted by Gasteiger charge is 2.47. The van der Waals surface area contributed by atoms with Crippen LogP contribution in [-0.4, -0.2) is 55.3 Å². The molecule has 0 saturated carbocycles. The summed E-state index contributed by atoms with van der Waals surface area (Å²) < 4.78 is 22.5. The lowest BCUT2D eigenvalue weighted by molar-refractivity contribution is -0.156. The van der Waals surface area contributed by atoms with Gasteiger partial charge in [-0.3, -0.25) is 9.59 Å². The lowest BCUT2D eigenvalue weighted by Crippen LogP contribution is -2.69. The van der Waals surface area contributed by atoms with E-state index in [0.29, 0.717) is 25.8 Å². The van der Waals surface area contributed by atoms with E-state index >= 15 is 0 Å². The minimum atomic E-state index is -3.06. The van der Waals surface area contributed by atoms with Crippen molar-refractivity contribution in [3.05, 3.63) is 0 Å². The van der Waals surface area contributed by atoms with E-state index in [2.05, 4.69) is 5.32 Å². The predicted molar refractivity (Wildman–Crippen MR) is 81.6 cm³/mol. The number of hydrogen-bond acceptors (Lipinski definition) is 4. The highest BCUT2D eigenvalue weighted by atomic mass is 32.2. The molecule has 2 unspecified atom stereocenters. The number of piperazine rings is 1. The number of nitrogens with zero attached hydrogens (tertiary/aromatic N) is 1. The number of amides is 2. The molecule has 1 aliphatic rings. The molecular formula is C14H26N2O4S. The molecule has 2 atom stereocenters. The van der Waals surface area contributed by atoms with E-state index in [9.17, 15) is 18.0 Å². The number of carbonyl (C=O) groups is 2. The summed E-state index contributed by atoms with van der Waals surface area (Å²) in [6.07, 6.45) is 3.44. The second-order valence-electron chi connectivity index (χ2n) is 5.92. The van der Waals surface area contributed by atoms with Crippen molar-refractivity contribution in [2.24, 2.45) is 0 Å². The van der Waals surface area contributed by atoms with E-state index in [4.69, 9.17) is 0 Å². The SMILES string of the molecule is CCCC1NC(=O)C(C)(CC)N(CCCS(C)(=O)=O)C1=O. The van der Waals surface area contributed by atoms with Crippen LogP contribution in [0.4, 0.5) is 0 Å². The molecule has 7 heteroatoms. The lowest BCUT2D eigenvalue weighted by atomic mass is 9.89. The maximum absolute atomic E-state index is 12.6. The van der Waals surface area contributed by atoms with Gasteiger partial charge in [-0.1, -0.05) is 20.3 Å². The fraction of sp³-hybridized carbons (Fsp3) is 0.857. The number of hydrogen-bond donors (Lipinski definition) is 1. The fourth-order valence-corrected chi connectivity index (χ4v) is 3.26. The quantitative estimate of drug-likeness (QED) is 0.749. The molecule has 2 amide bonds. The Labute approximate surface area is 127 Å². The van der Waals surface area contributed by atoms with Crippen LogP contribution in [0.2, 0.25) is 0 Å². The Morgan fingerprint density at radius 1 is 1.29 bits per heavy atom. The van der Waals surface area contributed by atoms with Crippen LogP contribution in [0.25, 0.3) is 0 Å². The summed E-state index contributed by atoms with van der Waals surface area (Å²) in [5.41, 5.74) is -0.890. The van der Waals surface area contributed by atoms with Crippen molar-refractivity contribution in [2.45, 2.75) is 58.0 Å².